The molecule has 0 aromatic heterocycles. The van der Waals surface area contributed by atoms with E-state index in [2.05, 4.69) is 30.1 Å². The highest BCUT2D eigenvalue weighted by Gasteiger charge is 2.28. The van der Waals surface area contributed by atoms with Gasteiger partial charge in [0.15, 0.2) is 0 Å². The normalized spacial score (nSPS) is 23.8. The van der Waals surface area contributed by atoms with Crippen LogP contribution in [0.5, 0.6) is 0 Å². The zero-order chi connectivity index (χ0) is 13.0. The van der Waals surface area contributed by atoms with Crippen LogP contribution < -0.4 is 0 Å². The summed E-state index contributed by atoms with van der Waals surface area (Å²) >= 11 is 0. The van der Waals surface area contributed by atoms with Crippen molar-refractivity contribution in [3.8, 4) is 0 Å². The van der Waals surface area contributed by atoms with Gasteiger partial charge in [-0.15, -0.1) is 0 Å². The van der Waals surface area contributed by atoms with Crippen molar-refractivity contribution in [2.24, 2.45) is 0 Å². The van der Waals surface area contributed by atoms with Crippen LogP contribution in [0.1, 0.15) is 30.1 Å². The predicted octanol–water partition coefficient (Wildman–Crippen LogP) is 2.00. The van der Waals surface area contributed by atoms with Gasteiger partial charge in [0, 0.05) is 19.7 Å². The fourth-order valence-corrected chi connectivity index (χ4v) is 2.78. The standard InChI is InChI=1S/C15H23NO2/c1-16(10-11-18-2)14-9-5-7-12-6-3-4-8-13(12)15(14)17/h3-4,6,8,14-15,17H,5,7,9-11H2,1-2H3. The van der Waals surface area contributed by atoms with Crippen molar-refractivity contribution in [3.05, 3.63) is 35.4 Å². The van der Waals surface area contributed by atoms with Gasteiger partial charge in [-0.3, -0.25) is 4.90 Å². The number of rotatable bonds is 4. The number of aryl methyl sites for hydroxylation is 1. The van der Waals surface area contributed by atoms with Crippen LogP contribution in [0.25, 0.3) is 0 Å². The van der Waals surface area contributed by atoms with Crippen LogP contribution in [0.15, 0.2) is 24.3 Å². The summed E-state index contributed by atoms with van der Waals surface area (Å²) in [7, 11) is 3.79. The van der Waals surface area contributed by atoms with Gasteiger partial charge in [-0.05, 0) is 37.4 Å². The summed E-state index contributed by atoms with van der Waals surface area (Å²) in [6.07, 6.45) is 2.86. The van der Waals surface area contributed by atoms with Crippen molar-refractivity contribution in [1.29, 1.82) is 0 Å². The third-order valence-electron chi connectivity index (χ3n) is 3.90. The molecule has 1 N–H and O–H groups in total. The van der Waals surface area contributed by atoms with E-state index in [1.54, 1.807) is 7.11 Å². The van der Waals surface area contributed by atoms with E-state index in [1.165, 1.54) is 5.56 Å². The first-order valence-electron chi connectivity index (χ1n) is 6.69. The molecule has 0 radical (unpaired) electrons. The maximum atomic E-state index is 10.6. The number of hydrogen-bond acceptors (Lipinski definition) is 3. The summed E-state index contributed by atoms with van der Waals surface area (Å²) in [4.78, 5) is 2.22. The lowest BCUT2D eigenvalue weighted by Crippen LogP contribution is -2.38. The number of likely N-dealkylation sites (N-methyl/N-ethyl adjacent to an activating group) is 1. The Morgan fingerprint density at radius 2 is 2.17 bits per heavy atom. The van der Waals surface area contributed by atoms with Crippen LogP contribution >= 0.6 is 0 Å². The number of benzene rings is 1. The number of hydrogen-bond donors (Lipinski definition) is 1. The third kappa shape index (κ3) is 2.91. The Bertz CT molecular complexity index is 381. The Kier molecular flexibility index (Phi) is 4.75. The molecule has 1 aromatic rings. The first-order valence-corrected chi connectivity index (χ1v) is 6.69. The largest absolute Gasteiger partial charge is 0.387 e. The van der Waals surface area contributed by atoms with E-state index < -0.39 is 0 Å². The van der Waals surface area contributed by atoms with Gasteiger partial charge in [0.1, 0.15) is 0 Å². The van der Waals surface area contributed by atoms with E-state index in [4.69, 9.17) is 4.74 Å². The van der Waals surface area contributed by atoms with E-state index in [-0.39, 0.29) is 12.1 Å². The van der Waals surface area contributed by atoms with Crippen LogP contribution in [0.2, 0.25) is 0 Å². The van der Waals surface area contributed by atoms with Crippen molar-refractivity contribution < 1.29 is 9.84 Å². The predicted molar refractivity (Wildman–Crippen MR) is 72.6 cm³/mol. The Morgan fingerprint density at radius 3 is 2.94 bits per heavy atom. The fourth-order valence-electron chi connectivity index (χ4n) is 2.78. The molecule has 2 atom stereocenters. The Labute approximate surface area is 109 Å². The second-order valence-electron chi connectivity index (χ2n) is 5.08. The summed E-state index contributed by atoms with van der Waals surface area (Å²) in [5.74, 6) is 0. The summed E-state index contributed by atoms with van der Waals surface area (Å²) in [6, 6.07) is 8.46. The van der Waals surface area contributed by atoms with E-state index in [1.807, 2.05) is 6.07 Å². The van der Waals surface area contributed by atoms with Crippen molar-refractivity contribution in [2.45, 2.75) is 31.4 Å². The minimum absolute atomic E-state index is 0.198. The van der Waals surface area contributed by atoms with E-state index in [0.29, 0.717) is 6.61 Å². The Morgan fingerprint density at radius 1 is 1.39 bits per heavy atom. The van der Waals surface area contributed by atoms with Crippen LogP contribution in [0, 0.1) is 0 Å². The number of fused-ring (bicyclic) bond motifs is 1. The Hall–Kier alpha value is -0.900. The molecule has 1 aromatic carbocycles. The van der Waals surface area contributed by atoms with Gasteiger partial charge in [0.2, 0.25) is 0 Å². The summed E-state index contributed by atoms with van der Waals surface area (Å²) in [5, 5.41) is 10.6. The molecule has 0 heterocycles. The van der Waals surface area contributed by atoms with Crippen molar-refractivity contribution in [3.63, 3.8) is 0 Å². The van der Waals surface area contributed by atoms with E-state index in [9.17, 15) is 5.11 Å². The quantitative estimate of drug-likeness (QED) is 0.829. The molecule has 0 bridgehead atoms. The van der Waals surface area contributed by atoms with Gasteiger partial charge in [-0.2, -0.15) is 0 Å². The monoisotopic (exact) mass is 249 g/mol. The molecule has 0 saturated heterocycles. The molecular formula is C15H23NO2. The van der Waals surface area contributed by atoms with Gasteiger partial charge >= 0.3 is 0 Å². The molecule has 100 valence electrons. The molecular weight excluding hydrogens is 226 g/mol. The lowest BCUT2D eigenvalue weighted by atomic mass is 9.98. The maximum absolute atomic E-state index is 10.6. The summed E-state index contributed by atoms with van der Waals surface area (Å²) < 4.78 is 5.12. The summed E-state index contributed by atoms with van der Waals surface area (Å²) in [6.45, 7) is 1.57. The smallest absolute Gasteiger partial charge is 0.0947 e. The minimum atomic E-state index is -0.384. The molecule has 1 aliphatic rings. The molecule has 0 fully saturated rings. The second-order valence-corrected chi connectivity index (χ2v) is 5.08. The molecule has 18 heavy (non-hydrogen) atoms. The number of methoxy groups -OCH3 is 1. The van der Waals surface area contributed by atoms with Crippen molar-refractivity contribution in [2.75, 3.05) is 27.3 Å². The first kappa shape index (κ1) is 13.5. The van der Waals surface area contributed by atoms with Crippen LogP contribution in [0.4, 0.5) is 0 Å². The summed E-state index contributed by atoms with van der Waals surface area (Å²) in [5.41, 5.74) is 2.40. The van der Waals surface area contributed by atoms with Gasteiger partial charge in [-0.1, -0.05) is 24.3 Å². The molecule has 0 spiro atoms. The lowest BCUT2D eigenvalue weighted by Gasteiger charge is -2.31. The molecule has 2 rings (SSSR count). The molecule has 1 aliphatic carbocycles. The molecule has 3 nitrogen and oxygen atoms in total. The van der Waals surface area contributed by atoms with Crippen molar-refractivity contribution >= 4 is 0 Å². The van der Waals surface area contributed by atoms with Gasteiger partial charge < -0.3 is 9.84 Å². The average molecular weight is 249 g/mol. The highest BCUT2D eigenvalue weighted by atomic mass is 16.5. The minimum Gasteiger partial charge on any atom is -0.387 e. The molecule has 3 heteroatoms. The molecule has 2 unspecified atom stereocenters. The van der Waals surface area contributed by atoms with Gasteiger partial charge in [0.05, 0.1) is 12.7 Å². The third-order valence-corrected chi connectivity index (χ3v) is 3.90. The average Bonchev–Trinajstić information content (AvgIpc) is 2.56. The molecule has 0 saturated carbocycles. The maximum Gasteiger partial charge on any atom is 0.0947 e. The zero-order valence-electron chi connectivity index (χ0n) is 11.3. The Balaban J connectivity index is 2.14. The number of ether oxygens (including phenoxy) is 1. The zero-order valence-corrected chi connectivity index (χ0v) is 11.3. The fraction of sp³-hybridized carbons (Fsp3) is 0.600. The van der Waals surface area contributed by atoms with Gasteiger partial charge in [-0.25, -0.2) is 0 Å². The first-order chi connectivity index (χ1) is 8.74. The van der Waals surface area contributed by atoms with Crippen molar-refractivity contribution in [1.82, 2.24) is 4.90 Å². The number of aliphatic hydroxyl groups excluding tert-OH is 1. The highest BCUT2D eigenvalue weighted by molar-refractivity contribution is 5.31. The SMILES string of the molecule is COCCN(C)C1CCCc2ccccc2C1O. The van der Waals surface area contributed by atoms with Crippen LogP contribution in [-0.4, -0.2) is 43.4 Å². The molecule has 0 aliphatic heterocycles. The van der Waals surface area contributed by atoms with E-state index >= 15 is 0 Å². The van der Waals surface area contributed by atoms with E-state index in [0.717, 1.165) is 31.4 Å². The van der Waals surface area contributed by atoms with Crippen LogP contribution in [0.3, 0.4) is 0 Å². The number of aliphatic hydroxyl groups is 1. The number of nitrogens with zero attached hydrogens (tertiary/aromatic N) is 1. The van der Waals surface area contributed by atoms with Gasteiger partial charge in [0.25, 0.3) is 0 Å². The molecule has 0 amide bonds. The second kappa shape index (κ2) is 6.32. The van der Waals surface area contributed by atoms with Crippen LogP contribution in [-0.2, 0) is 11.2 Å². The lowest BCUT2D eigenvalue weighted by molar-refractivity contribution is 0.0448. The highest BCUT2D eigenvalue weighted by Crippen LogP contribution is 2.31. The topological polar surface area (TPSA) is 32.7 Å².